The van der Waals surface area contributed by atoms with Crippen LogP contribution in [0.2, 0.25) is 0 Å². The molecule has 11 heteroatoms. The predicted molar refractivity (Wildman–Crippen MR) is 136 cm³/mol. The van der Waals surface area contributed by atoms with E-state index in [2.05, 4.69) is 31.4 Å². The summed E-state index contributed by atoms with van der Waals surface area (Å²) >= 11 is 0. The standard InChI is InChI=1S/C27H29F3N6O2/c1-17-13-20(14-32-25(17)19-3-5-21(6-4-19)35-9-11-38-12-10-35)34-26(37)23-16-33-36(18(23)2)22-7-8-24(31-15-22)27(28,29)30/h3,7-8,13-16,21H,4-6,9-12H2,1-2H3,(H,34,37). The summed E-state index contributed by atoms with van der Waals surface area (Å²) in [6, 6.07) is 4.60. The molecular weight excluding hydrogens is 497 g/mol. The molecule has 4 heterocycles. The summed E-state index contributed by atoms with van der Waals surface area (Å²) in [5, 5.41) is 7.03. The number of hydrogen-bond acceptors (Lipinski definition) is 6. The van der Waals surface area contributed by atoms with E-state index in [4.69, 9.17) is 4.74 Å². The highest BCUT2D eigenvalue weighted by atomic mass is 19.4. The van der Waals surface area contributed by atoms with E-state index in [0.717, 1.165) is 69.1 Å². The molecule has 5 rings (SSSR count). The summed E-state index contributed by atoms with van der Waals surface area (Å²) in [5.74, 6) is -0.382. The van der Waals surface area contributed by atoms with Gasteiger partial charge in [0.1, 0.15) is 5.69 Å². The quantitative estimate of drug-likeness (QED) is 0.513. The van der Waals surface area contributed by atoms with Crippen LogP contribution in [-0.4, -0.2) is 62.9 Å². The molecule has 1 N–H and O–H groups in total. The largest absolute Gasteiger partial charge is 0.433 e. The van der Waals surface area contributed by atoms with Crippen molar-refractivity contribution in [3.8, 4) is 5.69 Å². The predicted octanol–water partition coefficient (Wildman–Crippen LogP) is 4.82. The number of allylic oxidation sites excluding steroid dienone is 1. The van der Waals surface area contributed by atoms with Crippen LogP contribution in [0.4, 0.5) is 18.9 Å². The first-order chi connectivity index (χ1) is 18.2. The molecule has 0 spiro atoms. The summed E-state index contributed by atoms with van der Waals surface area (Å²) in [4.78, 5) is 23.6. The number of anilines is 1. The second kappa shape index (κ2) is 10.7. The fourth-order valence-electron chi connectivity index (χ4n) is 5.06. The van der Waals surface area contributed by atoms with E-state index in [9.17, 15) is 18.0 Å². The Morgan fingerprint density at radius 1 is 1.11 bits per heavy atom. The zero-order valence-corrected chi connectivity index (χ0v) is 21.3. The molecule has 200 valence electrons. The first-order valence-electron chi connectivity index (χ1n) is 12.6. The number of nitrogens with zero attached hydrogens (tertiary/aromatic N) is 5. The number of pyridine rings is 2. The van der Waals surface area contributed by atoms with E-state index in [1.807, 2.05) is 13.0 Å². The molecule has 8 nitrogen and oxygen atoms in total. The van der Waals surface area contributed by atoms with Crippen molar-refractivity contribution in [3.63, 3.8) is 0 Å². The monoisotopic (exact) mass is 526 g/mol. The third-order valence-corrected chi connectivity index (χ3v) is 7.12. The average Bonchev–Trinajstić information content (AvgIpc) is 3.30. The molecule has 0 radical (unpaired) electrons. The number of hydrogen-bond donors (Lipinski definition) is 1. The van der Waals surface area contributed by atoms with E-state index in [1.165, 1.54) is 22.5 Å². The highest BCUT2D eigenvalue weighted by Gasteiger charge is 2.32. The number of nitrogens with one attached hydrogen (secondary N) is 1. The van der Waals surface area contributed by atoms with Crippen molar-refractivity contribution in [2.75, 3.05) is 31.6 Å². The lowest BCUT2D eigenvalue weighted by atomic mass is 9.90. The molecule has 38 heavy (non-hydrogen) atoms. The van der Waals surface area contributed by atoms with Gasteiger partial charge in [0, 0.05) is 19.1 Å². The Balaban J connectivity index is 1.25. The zero-order chi connectivity index (χ0) is 26.9. The summed E-state index contributed by atoms with van der Waals surface area (Å²) in [6.45, 7) is 7.22. The Hall–Kier alpha value is -3.57. The second-order valence-corrected chi connectivity index (χ2v) is 9.60. The highest BCUT2D eigenvalue weighted by Crippen LogP contribution is 2.31. The Morgan fingerprint density at radius 3 is 2.53 bits per heavy atom. The molecule has 1 fully saturated rings. The molecule has 2 aliphatic rings. The summed E-state index contributed by atoms with van der Waals surface area (Å²) < 4.78 is 45.3. The smallest absolute Gasteiger partial charge is 0.379 e. The Labute approximate surface area is 218 Å². The van der Waals surface area contributed by atoms with Gasteiger partial charge in [-0.2, -0.15) is 18.3 Å². The van der Waals surface area contributed by atoms with Gasteiger partial charge in [-0.25, -0.2) is 9.67 Å². The molecule has 3 aromatic rings. The fourth-order valence-corrected chi connectivity index (χ4v) is 5.06. The average molecular weight is 527 g/mol. The van der Waals surface area contributed by atoms with Crippen LogP contribution in [0.25, 0.3) is 11.3 Å². The van der Waals surface area contributed by atoms with E-state index in [-0.39, 0.29) is 5.91 Å². The van der Waals surface area contributed by atoms with E-state index in [1.54, 1.807) is 13.1 Å². The Kier molecular flexibility index (Phi) is 7.31. The first-order valence-corrected chi connectivity index (χ1v) is 12.6. The maximum Gasteiger partial charge on any atom is 0.433 e. The second-order valence-electron chi connectivity index (χ2n) is 9.60. The van der Waals surface area contributed by atoms with Crippen LogP contribution in [0, 0.1) is 13.8 Å². The lowest BCUT2D eigenvalue weighted by Gasteiger charge is -2.36. The number of carbonyl (C=O) groups is 1. The highest BCUT2D eigenvalue weighted by molar-refractivity contribution is 6.05. The van der Waals surface area contributed by atoms with Crippen molar-refractivity contribution in [1.29, 1.82) is 0 Å². The van der Waals surface area contributed by atoms with Crippen molar-refractivity contribution in [1.82, 2.24) is 24.6 Å². The van der Waals surface area contributed by atoms with Gasteiger partial charge >= 0.3 is 6.18 Å². The Bertz CT molecular complexity index is 1340. The molecule has 1 aliphatic heterocycles. The maximum atomic E-state index is 13.0. The molecule has 0 bridgehead atoms. The van der Waals surface area contributed by atoms with Gasteiger partial charge in [0.05, 0.1) is 60.1 Å². The number of morpholine rings is 1. The topological polar surface area (TPSA) is 85.2 Å². The molecular formula is C27H29F3N6O2. The molecule has 1 saturated heterocycles. The van der Waals surface area contributed by atoms with Gasteiger partial charge in [-0.05, 0) is 62.4 Å². The van der Waals surface area contributed by atoms with Crippen LogP contribution in [0.5, 0.6) is 0 Å². The molecule has 0 aromatic carbocycles. The normalized spacial score (nSPS) is 18.8. The van der Waals surface area contributed by atoms with Crippen molar-refractivity contribution >= 4 is 17.2 Å². The summed E-state index contributed by atoms with van der Waals surface area (Å²) in [7, 11) is 0. The van der Waals surface area contributed by atoms with Crippen molar-refractivity contribution in [2.24, 2.45) is 0 Å². The van der Waals surface area contributed by atoms with Crippen LogP contribution in [-0.2, 0) is 10.9 Å². The number of aryl methyl sites for hydroxylation is 1. The molecule has 1 atom stereocenters. The van der Waals surface area contributed by atoms with Gasteiger partial charge < -0.3 is 10.1 Å². The van der Waals surface area contributed by atoms with Gasteiger partial charge in [0.15, 0.2) is 0 Å². The maximum absolute atomic E-state index is 13.0. The van der Waals surface area contributed by atoms with Gasteiger partial charge in [-0.15, -0.1) is 0 Å². The number of ether oxygens (including phenoxy) is 1. The van der Waals surface area contributed by atoms with Gasteiger partial charge in [0.25, 0.3) is 5.91 Å². The minimum Gasteiger partial charge on any atom is -0.379 e. The molecule has 3 aromatic heterocycles. The third kappa shape index (κ3) is 5.48. The number of aromatic nitrogens is 4. The van der Waals surface area contributed by atoms with E-state index in [0.29, 0.717) is 28.7 Å². The third-order valence-electron chi connectivity index (χ3n) is 7.12. The lowest BCUT2D eigenvalue weighted by molar-refractivity contribution is -0.141. The van der Waals surface area contributed by atoms with E-state index >= 15 is 0 Å². The van der Waals surface area contributed by atoms with Gasteiger partial charge in [0.2, 0.25) is 0 Å². The Morgan fingerprint density at radius 2 is 1.89 bits per heavy atom. The number of alkyl halides is 3. The van der Waals surface area contributed by atoms with Crippen LogP contribution in [0.3, 0.4) is 0 Å². The van der Waals surface area contributed by atoms with Crippen molar-refractivity contribution < 1.29 is 22.7 Å². The molecule has 1 unspecified atom stereocenters. The van der Waals surface area contributed by atoms with Crippen LogP contribution in [0.1, 0.15) is 52.3 Å². The number of rotatable bonds is 5. The molecule has 1 aliphatic carbocycles. The number of halogens is 3. The number of carbonyl (C=O) groups excluding carboxylic acids is 1. The minimum absolute atomic E-state index is 0.302. The zero-order valence-electron chi connectivity index (χ0n) is 21.3. The first kappa shape index (κ1) is 26.1. The minimum atomic E-state index is -4.52. The number of amides is 1. The van der Waals surface area contributed by atoms with Crippen LogP contribution < -0.4 is 5.32 Å². The fraction of sp³-hybridized carbons (Fsp3) is 0.407. The van der Waals surface area contributed by atoms with Crippen molar-refractivity contribution in [2.45, 2.75) is 45.3 Å². The molecule has 1 amide bonds. The molecule has 0 saturated carbocycles. The van der Waals surface area contributed by atoms with Gasteiger partial charge in [-0.3, -0.25) is 14.7 Å². The van der Waals surface area contributed by atoms with E-state index < -0.39 is 11.9 Å². The van der Waals surface area contributed by atoms with Crippen LogP contribution in [0.15, 0.2) is 42.9 Å². The summed E-state index contributed by atoms with van der Waals surface area (Å²) in [6.07, 6.45) is 4.91. The lowest BCUT2D eigenvalue weighted by Crippen LogP contribution is -2.43. The van der Waals surface area contributed by atoms with Gasteiger partial charge in [-0.1, -0.05) is 6.08 Å². The SMILES string of the molecule is Cc1cc(NC(=O)c2cnn(-c3ccc(C(F)(F)F)nc3)c2C)cnc1C1=CCC(N2CCOCC2)CC1. The van der Waals surface area contributed by atoms with Crippen LogP contribution >= 0.6 is 0 Å². The summed E-state index contributed by atoms with van der Waals surface area (Å²) in [5.41, 5.74) is 3.83. The van der Waals surface area contributed by atoms with Crippen molar-refractivity contribution in [3.05, 3.63) is 71.1 Å².